The minimum atomic E-state index is -0.769. The number of carbonyl (C=O) groups excluding carboxylic acids is 1. The van der Waals surface area contributed by atoms with Gasteiger partial charge in [-0.1, -0.05) is 23.7 Å². The third kappa shape index (κ3) is 3.11. The quantitative estimate of drug-likeness (QED) is 0.769. The summed E-state index contributed by atoms with van der Waals surface area (Å²) in [6, 6.07) is 12.5. The topological polar surface area (TPSA) is 62.2 Å². The molecule has 0 spiro atoms. The van der Waals surface area contributed by atoms with E-state index in [2.05, 4.69) is 10.3 Å². The SMILES string of the molecule is O=C(NC[C@@H](O)c1ccc(Cl)s1)c1cccc2ncccc12. The van der Waals surface area contributed by atoms with Crippen LogP contribution in [0.2, 0.25) is 4.34 Å². The van der Waals surface area contributed by atoms with Crippen molar-refractivity contribution in [2.24, 2.45) is 0 Å². The molecule has 6 heteroatoms. The number of aromatic nitrogens is 1. The molecule has 2 aromatic heterocycles. The van der Waals surface area contributed by atoms with Gasteiger partial charge in [0.2, 0.25) is 0 Å². The molecule has 3 aromatic rings. The molecule has 0 aliphatic carbocycles. The number of rotatable bonds is 4. The fourth-order valence-electron chi connectivity index (χ4n) is 2.19. The second-order valence-corrected chi connectivity index (χ2v) is 6.49. The Labute approximate surface area is 136 Å². The molecule has 0 aliphatic rings. The predicted octanol–water partition coefficient (Wildman–Crippen LogP) is 3.41. The highest BCUT2D eigenvalue weighted by Gasteiger charge is 2.14. The van der Waals surface area contributed by atoms with E-state index in [1.807, 2.05) is 12.1 Å². The van der Waals surface area contributed by atoms with Crippen LogP contribution in [0.3, 0.4) is 0 Å². The number of benzene rings is 1. The predicted molar refractivity (Wildman–Crippen MR) is 88.4 cm³/mol. The van der Waals surface area contributed by atoms with Gasteiger partial charge in [0, 0.05) is 28.6 Å². The summed E-state index contributed by atoms with van der Waals surface area (Å²) in [4.78, 5) is 17.3. The van der Waals surface area contributed by atoms with Crippen molar-refractivity contribution in [1.82, 2.24) is 10.3 Å². The number of nitrogens with one attached hydrogen (secondary N) is 1. The maximum Gasteiger partial charge on any atom is 0.252 e. The molecule has 0 saturated carbocycles. The molecule has 0 radical (unpaired) electrons. The number of carbonyl (C=O) groups is 1. The number of fused-ring (bicyclic) bond motifs is 1. The van der Waals surface area contributed by atoms with Crippen LogP contribution in [-0.2, 0) is 0 Å². The van der Waals surface area contributed by atoms with E-state index in [1.165, 1.54) is 11.3 Å². The summed E-state index contributed by atoms with van der Waals surface area (Å²) in [6.45, 7) is 0.131. The van der Waals surface area contributed by atoms with E-state index in [0.29, 0.717) is 9.90 Å². The van der Waals surface area contributed by atoms with Crippen LogP contribution in [0, 0.1) is 0 Å². The Morgan fingerprint density at radius 1 is 1.27 bits per heavy atom. The maximum atomic E-state index is 12.3. The van der Waals surface area contributed by atoms with E-state index in [0.717, 1.165) is 15.8 Å². The highest BCUT2D eigenvalue weighted by molar-refractivity contribution is 7.16. The summed E-state index contributed by atoms with van der Waals surface area (Å²) < 4.78 is 0.612. The Morgan fingerprint density at radius 2 is 2.14 bits per heavy atom. The van der Waals surface area contributed by atoms with Crippen LogP contribution >= 0.6 is 22.9 Å². The molecule has 0 fully saturated rings. The van der Waals surface area contributed by atoms with Crippen LogP contribution in [0.1, 0.15) is 21.3 Å². The minimum absolute atomic E-state index is 0.131. The van der Waals surface area contributed by atoms with Gasteiger partial charge in [-0.2, -0.15) is 0 Å². The zero-order valence-electron chi connectivity index (χ0n) is 11.5. The monoisotopic (exact) mass is 332 g/mol. The van der Waals surface area contributed by atoms with Gasteiger partial charge in [-0.05, 0) is 30.3 Å². The lowest BCUT2D eigenvalue weighted by atomic mass is 10.1. The second-order valence-electron chi connectivity index (χ2n) is 4.74. The molecule has 112 valence electrons. The zero-order chi connectivity index (χ0) is 15.5. The van der Waals surface area contributed by atoms with E-state index >= 15 is 0 Å². The molecule has 3 rings (SSSR count). The average molecular weight is 333 g/mol. The van der Waals surface area contributed by atoms with Crippen molar-refractivity contribution in [2.75, 3.05) is 6.54 Å². The summed E-state index contributed by atoms with van der Waals surface area (Å²) in [5, 5.41) is 13.6. The van der Waals surface area contributed by atoms with Crippen LogP contribution in [0.15, 0.2) is 48.7 Å². The molecule has 0 bridgehead atoms. The molecule has 2 heterocycles. The van der Waals surface area contributed by atoms with Gasteiger partial charge < -0.3 is 10.4 Å². The lowest BCUT2D eigenvalue weighted by Gasteiger charge is -2.11. The number of thiophene rings is 1. The van der Waals surface area contributed by atoms with Crippen LogP contribution in [-0.4, -0.2) is 22.5 Å². The van der Waals surface area contributed by atoms with Crippen molar-refractivity contribution in [3.8, 4) is 0 Å². The third-order valence-electron chi connectivity index (χ3n) is 3.27. The van der Waals surface area contributed by atoms with E-state index in [4.69, 9.17) is 11.6 Å². The smallest absolute Gasteiger partial charge is 0.252 e. The maximum absolute atomic E-state index is 12.3. The first-order valence-electron chi connectivity index (χ1n) is 6.70. The van der Waals surface area contributed by atoms with E-state index < -0.39 is 6.10 Å². The highest BCUT2D eigenvalue weighted by atomic mass is 35.5. The van der Waals surface area contributed by atoms with Gasteiger partial charge in [0.25, 0.3) is 5.91 Å². The second kappa shape index (κ2) is 6.44. The van der Waals surface area contributed by atoms with Crippen molar-refractivity contribution in [3.05, 3.63) is 63.4 Å². The van der Waals surface area contributed by atoms with Crippen molar-refractivity contribution >= 4 is 39.7 Å². The molecule has 1 amide bonds. The highest BCUT2D eigenvalue weighted by Crippen LogP contribution is 2.26. The Hall–Kier alpha value is -1.95. The van der Waals surface area contributed by atoms with Gasteiger partial charge in [-0.15, -0.1) is 11.3 Å². The number of hydrogen-bond donors (Lipinski definition) is 2. The first-order valence-corrected chi connectivity index (χ1v) is 7.90. The summed E-state index contributed by atoms with van der Waals surface area (Å²) in [5.74, 6) is -0.236. The molecule has 0 unspecified atom stereocenters. The van der Waals surface area contributed by atoms with Crippen LogP contribution < -0.4 is 5.32 Å². The first-order chi connectivity index (χ1) is 10.6. The summed E-state index contributed by atoms with van der Waals surface area (Å²) in [6.07, 6.45) is 0.920. The standard InChI is InChI=1S/C16H13ClN2O2S/c17-15-7-6-14(22-15)13(20)9-19-16(21)11-3-1-5-12-10(11)4-2-8-18-12/h1-8,13,20H,9H2,(H,19,21)/t13-/m1/s1. The molecular weight excluding hydrogens is 320 g/mol. The molecular formula is C16H13ClN2O2S. The van der Waals surface area contributed by atoms with Crippen molar-refractivity contribution in [1.29, 1.82) is 0 Å². The minimum Gasteiger partial charge on any atom is -0.386 e. The number of amides is 1. The molecule has 0 saturated heterocycles. The molecule has 2 N–H and O–H groups in total. The number of nitrogens with zero attached hydrogens (tertiary/aromatic N) is 1. The van der Waals surface area contributed by atoms with Gasteiger partial charge in [0.15, 0.2) is 0 Å². The summed E-state index contributed by atoms with van der Waals surface area (Å²) in [5.41, 5.74) is 1.31. The lowest BCUT2D eigenvalue weighted by Crippen LogP contribution is -2.28. The number of aliphatic hydroxyl groups excluding tert-OH is 1. The Balaban J connectivity index is 1.74. The Kier molecular flexibility index (Phi) is 4.38. The van der Waals surface area contributed by atoms with Gasteiger partial charge >= 0.3 is 0 Å². The fraction of sp³-hybridized carbons (Fsp3) is 0.125. The molecule has 4 nitrogen and oxygen atoms in total. The van der Waals surface area contributed by atoms with Gasteiger partial charge in [-0.25, -0.2) is 0 Å². The van der Waals surface area contributed by atoms with Crippen molar-refractivity contribution < 1.29 is 9.90 Å². The first kappa shape index (κ1) is 15.0. The van der Waals surface area contributed by atoms with Crippen molar-refractivity contribution in [2.45, 2.75) is 6.10 Å². The Morgan fingerprint density at radius 3 is 2.91 bits per heavy atom. The van der Waals surface area contributed by atoms with E-state index in [-0.39, 0.29) is 12.5 Å². The van der Waals surface area contributed by atoms with Crippen LogP contribution in [0.5, 0.6) is 0 Å². The molecule has 0 aliphatic heterocycles. The number of hydrogen-bond acceptors (Lipinski definition) is 4. The van der Waals surface area contributed by atoms with Gasteiger partial charge in [0.1, 0.15) is 6.10 Å². The van der Waals surface area contributed by atoms with Crippen molar-refractivity contribution in [3.63, 3.8) is 0 Å². The normalized spacial score (nSPS) is 12.3. The fourth-order valence-corrected chi connectivity index (χ4v) is 3.24. The average Bonchev–Trinajstić information content (AvgIpc) is 2.98. The summed E-state index contributed by atoms with van der Waals surface area (Å²) in [7, 11) is 0. The van der Waals surface area contributed by atoms with Gasteiger partial charge in [0.05, 0.1) is 9.85 Å². The lowest BCUT2D eigenvalue weighted by molar-refractivity contribution is 0.0919. The largest absolute Gasteiger partial charge is 0.386 e. The van der Waals surface area contributed by atoms with Crippen LogP contribution in [0.25, 0.3) is 10.9 Å². The number of pyridine rings is 1. The molecule has 1 atom stereocenters. The number of aliphatic hydroxyl groups is 1. The van der Waals surface area contributed by atoms with E-state index in [9.17, 15) is 9.90 Å². The summed E-state index contributed by atoms with van der Waals surface area (Å²) >= 11 is 7.14. The van der Waals surface area contributed by atoms with E-state index in [1.54, 1.807) is 36.5 Å². The Bertz CT molecular complexity index is 813. The van der Waals surface area contributed by atoms with Crippen LogP contribution in [0.4, 0.5) is 0 Å². The number of halogens is 1. The molecule has 22 heavy (non-hydrogen) atoms. The molecule has 1 aromatic carbocycles. The third-order valence-corrected chi connectivity index (χ3v) is 4.60. The van der Waals surface area contributed by atoms with Gasteiger partial charge in [-0.3, -0.25) is 9.78 Å². The zero-order valence-corrected chi connectivity index (χ0v) is 13.1.